The molecule has 1 aromatic heterocycles. The van der Waals surface area contributed by atoms with Gasteiger partial charge < -0.3 is 5.73 Å². The highest BCUT2D eigenvalue weighted by molar-refractivity contribution is 5.61. The van der Waals surface area contributed by atoms with E-state index in [1.54, 1.807) is 6.08 Å². The summed E-state index contributed by atoms with van der Waals surface area (Å²) >= 11 is 0. The van der Waals surface area contributed by atoms with Crippen LogP contribution in [0.2, 0.25) is 0 Å². The standard InChI is InChI=1S/C6H9N3/c1-3-5-4(2)8-9-6(5)7/h3H,1H2,2H3,(H3,7,8,9). The molecule has 0 saturated carbocycles. The highest BCUT2D eigenvalue weighted by atomic mass is 15.2. The van der Waals surface area contributed by atoms with Crippen molar-refractivity contribution in [2.24, 2.45) is 0 Å². The van der Waals surface area contributed by atoms with Gasteiger partial charge in [-0.05, 0) is 6.92 Å². The fourth-order valence-corrected chi connectivity index (χ4v) is 0.714. The Bertz CT molecular complexity index is 205. The number of aromatic nitrogens is 2. The normalized spacial score (nSPS) is 9.44. The number of nitrogens with two attached hydrogens (primary N) is 1. The van der Waals surface area contributed by atoms with Gasteiger partial charge in [0.25, 0.3) is 0 Å². The maximum absolute atomic E-state index is 5.44. The lowest BCUT2D eigenvalue weighted by molar-refractivity contribution is 1.05. The molecule has 0 aliphatic heterocycles. The van der Waals surface area contributed by atoms with Crippen LogP contribution in [0.4, 0.5) is 5.82 Å². The van der Waals surface area contributed by atoms with Crippen molar-refractivity contribution in [3.05, 3.63) is 17.8 Å². The van der Waals surface area contributed by atoms with Crippen LogP contribution in [-0.2, 0) is 0 Å². The summed E-state index contributed by atoms with van der Waals surface area (Å²) in [6.45, 7) is 5.49. The van der Waals surface area contributed by atoms with Crippen molar-refractivity contribution >= 4 is 11.9 Å². The monoisotopic (exact) mass is 123 g/mol. The summed E-state index contributed by atoms with van der Waals surface area (Å²) in [6.07, 6.45) is 1.69. The summed E-state index contributed by atoms with van der Waals surface area (Å²) in [6, 6.07) is 0. The molecule has 1 aromatic rings. The highest BCUT2D eigenvalue weighted by Crippen LogP contribution is 2.12. The molecular formula is C6H9N3. The smallest absolute Gasteiger partial charge is 0.152 e. The highest BCUT2D eigenvalue weighted by Gasteiger charge is 1.99. The number of hydrogen-bond acceptors (Lipinski definition) is 2. The average Bonchev–Trinajstić information content (AvgIpc) is 2.12. The Balaban J connectivity index is 3.22. The van der Waals surface area contributed by atoms with Gasteiger partial charge in [0.05, 0.1) is 0 Å². The second kappa shape index (κ2) is 1.93. The summed E-state index contributed by atoms with van der Waals surface area (Å²) in [5.74, 6) is 0.516. The van der Waals surface area contributed by atoms with Crippen LogP contribution in [0.5, 0.6) is 0 Å². The molecule has 0 saturated heterocycles. The Hall–Kier alpha value is -1.25. The van der Waals surface area contributed by atoms with Crippen molar-refractivity contribution in [2.75, 3.05) is 5.73 Å². The molecule has 1 rings (SSSR count). The molecule has 3 heteroatoms. The van der Waals surface area contributed by atoms with Gasteiger partial charge in [-0.2, -0.15) is 5.10 Å². The van der Waals surface area contributed by atoms with Crippen LogP contribution in [0.15, 0.2) is 6.58 Å². The first-order chi connectivity index (χ1) is 4.25. The number of H-pyrrole nitrogens is 1. The van der Waals surface area contributed by atoms with Crippen molar-refractivity contribution in [3.8, 4) is 0 Å². The molecule has 0 unspecified atom stereocenters. The molecule has 0 amide bonds. The van der Waals surface area contributed by atoms with Gasteiger partial charge in [0.1, 0.15) is 0 Å². The van der Waals surface area contributed by atoms with Gasteiger partial charge >= 0.3 is 0 Å². The van der Waals surface area contributed by atoms with E-state index in [0.29, 0.717) is 5.82 Å². The third-order valence-corrected chi connectivity index (χ3v) is 1.23. The third kappa shape index (κ3) is 0.806. The molecular weight excluding hydrogens is 114 g/mol. The summed E-state index contributed by atoms with van der Waals surface area (Å²) in [7, 11) is 0. The van der Waals surface area contributed by atoms with Gasteiger partial charge in [-0.25, -0.2) is 0 Å². The van der Waals surface area contributed by atoms with E-state index in [2.05, 4.69) is 16.8 Å². The third-order valence-electron chi connectivity index (χ3n) is 1.23. The summed E-state index contributed by atoms with van der Waals surface area (Å²) in [5, 5.41) is 6.51. The first-order valence-electron chi connectivity index (χ1n) is 2.68. The molecule has 48 valence electrons. The number of nitrogens with zero attached hydrogens (tertiary/aromatic N) is 1. The quantitative estimate of drug-likeness (QED) is 0.584. The van der Waals surface area contributed by atoms with Gasteiger partial charge in [-0.1, -0.05) is 12.7 Å². The Kier molecular flexibility index (Phi) is 1.26. The van der Waals surface area contributed by atoms with Crippen molar-refractivity contribution in [1.82, 2.24) is 10.2 Å². The second-order valence-electron chi connectivity index (χ2n) is 1.85. The minimum absolute atomic E-state index is 0.516. The Morgan fingerprint density at radius 1 is 1.78 bits per heavy atom. The molecule has 0 aliphatic rings. The number of nitrogens with one attached hydrogen (secondary N) is 1. The van der Waals surface area contributed by atoms with Gasteiger partial charge in [0, 0.05) is 11.3 Å². The minimum Gasteiger partial charge on any atom is -0.382 e. The zero-order valence-corrected chi connectivity index (χ0v) is 5.31. The SMILES string of the molecule is C=Cc1c(N)n[nH]c1C. The van der Waals surface area contributed by atoms with Crippen molar-refractivity contribution in [3.63, 3.8) is 0 Å². The number of hydrogen-bond donors (Lipinski definition) is 2. The lowest BCUT2D eigenvalue weighted by Crippen LogP contribution is -1.85. The van der Waals surface area contributed by atoms with E-state index in [4.69, 9.17) is 5.73 Å². The molecule has 1 heterocycles. The Morgan fingerprint density at radius 2 is 2.44 bits per heavy atom. The van der Waals surface area contributed by atoms with Crippen LogP contribution >= 0.6 is 0 Å². The summed E-state index contributed by atoms with van der Waals surface area (Å²) in [4.78, 5) is 0. The van der Waals surface area contributed by atoms with Crippen LogP contribution in [-0.4, -0.2) is 10.2 Å². The van der Waals surface area contributed by atoms with E-state index in [0.717, 1.165) is 11.3 Å². The molecule has 0 atom stereocenters. The van der Waals surface area contributed by atoms with Gasteiger partial charge in [-0.15, -0.1) is 0 Å². The Morgan fingerprint density at radius 3 is 2.67 bits per heavy atom. The van der Waals surface area contributed by atoms with Crippen LogP contribution in [0.1, 0.15) is 11.3 Å². The summed E-state index contributed by atoms with van der Waals surface area (Å²) < 4.78 is 0. The number of aromatic amines is 1. The van der Waals surface area contributed by atoms with E-state index in [-0.39, 0.29) is 0 Å². The van der Waals surface area contributed by atoms with Crippen molar-refractivity contribution in [2.45, 2.75) is 6.92 Å². The lowest BCUT2D eigenvalue weighted by atomic mass is 10.2. The largest absolute Gasteiger partial charge is 0.382 e. The predicted molar refractivity (Wildman–Crippen MR) is 37.8 cm³/mol. The lowest BCUT2D eigenvalue weighted by Gasteiger charge is -1.86. The van der Waals surface area contributed by atoms with Crippen LogP contribution in [0, 0.1) is 6.92 Å². The van der Waals surface area contributed by atoms with Crippen LogP contribution in [0.3, 0.4) is 0 Å². The minimum atomic E-state index is 0.516. The number of rotatable bonds is 1. The molecule has 0 aliphatic carbocycles. The molecule has 0 aromatic carbocycles. The van der Waals surface area contributed by atoms with Crippen LogP contribution < -0.4 is 5.73 Å². The average molecular weight is 123 g/mol. The topological polar surface area (TPSA) is 54.7 Å². The zero-order chi connectivity index (χ0) is 6.85. The molecule has 9 heavy (non-hydrogen) atoms. The zero-order valence-electron chi connectivity index (χ0n) is 5.31. The first-order valence-corrected chi connectivity index (χ1v) is 2.68. The fourth-order valence-electron chi connectivity index (χ4n) is 0.714. The molecule has 0 radical (unpaired) electrons. The second-order valence-corrected chi connectivity index (χ2v) is 1.85. The number of aryl methyl sites for hydroxylation is 1. The first kappa shape index (κ1) is 5.88. The summed E-state index contributed by atoms with van der Waals surface area (Å²) in [5.41, 5.74) is 7.30. The van der Waals surface area contributed by atoms with E-state index < -0.39 is 0 Å². The van der Waals surface area contributed by atoms with Gasteiger partial charge in [0.15, 0.2) is 5.82 Å². The maximum atomic E-state index is 5.44. The maximum Gasteiger partial charge on any atom is 0.152 e. The fraction of sp³-hybridized carbons (Fsp3) is 0.167. The van der Waals surface area contributed by atoms with E-state index in [1.165, 1.54) is 0 Å². The molecule has 0 spiro atoms. The van der Waals surface area contributed by atoms with Gasteiger partial charge in [-0.3, -0.25) is 5.10 Å². The molecule has 0 bridgehead atoms. The van der Waals surface area contributed by atoms with Gasteiger partial charge in [0.2, 0.25) is 0 Å². The predicted octanol–water partition coefficient (Wildman–Crippen LogP) is 0.943. The number of nitrogen functional groups attached to an aromatic ring is 1. The van der Waals surface area contributed by atoms with E-state index in [9.17, 15) is 0 Å². The molecule has 3 nitrogen and oxygen atoms in total. The van der Waals surface area contributed by atoms with Crippen molar-refractivity contribution in [1.29, 1.82) is 0 Å². The molecule has 3 N–H and O–H groups in total. The van der Waals surface area contributed by atoms with E-state index in [1.807, 2.05) is 6.92 Å². The van der Waals surface area contributed by atoms with E-state index >= 15 is 0 Å². The van der Waals surface area contributed by atoms with Crippen LogP contribution in [0.25, 0.3) is 6.08 Å². The molecule has 0 fully saturated rings. The van der Waals surface area contributed by atoms with Crippen molar-refractivity contribution < 1.29 is 0 Å². The Labute approximate surface area is 53.6 Å². The number of anilines is 1.